The van der Waals surface area contributed by atoms with E-state index in [2.05, 4.69) is 25.9 Å². The van der Waals surface area contributed by atoms with Crippen LogP contribution in [-0.4, -0.2) is 212 Å². The van der Waals surface area contributed by atoms with E-state index >= 15 is 0 Å². The fourth-order valence-electron chi connectivity index (χ4n) is 4.94. The molecule has 0 atom stereocenters. The summed E-state index contributed by atoms with van der Waals surface area (Å²) in [6.45, 7) is 10.5. The molecule has 1 aliphatic rings. The lowest BCUT2D eigenvalue weighted by atomic mass is 8.50. The molecule has 3 rings (SSSR count). The van der Waals surface area contributed by atoms with Gasteiger partial charge in [-0.25, -0.2) is 18.4 Å². The van der Waals surface area contributed by atoms with Gasteiger partial charge in [-0.2, -0.15) is 0 Å². The summed E-state index contributed by atoms with van der Waals surface area (Å²) in [6, 6.07) is 0. The molecule has 2 aromatic rings. The quantitative estimate of drug-likeness (QED) is 0.164. The molecule has 249 valence electrons. The Morgan fingerprint density at radius 1 is 0.649 bits per heavy atom. The molecule has 29 radical (unpaired) electrons. The zero-order valence-corrected chi connectivity index (χ0v) is 35.0. The van der Waals surface area contributed by atoms with Gasteiger partial charge in [0.2, 0.25) is 0 Å². The van der Waals surface area contributed by atoms with Crippen LogP contribution < -0.4 is 0 Å². The third-order valence-corrected chi connectivity index (χ3v) is 8.38. The summed E-state index contributed by atoms with van der Waals surface area (Å²) in [6.07, 6.45) is 0.834. The topological polar surface area (TPSA) is 78.4 Å². The molecule has 57 heavy (non-hydrogen) atoms. The number of carbonyl (C=O) groups excluding carboxylic acids is 2. The molecule has 0 saturated heterocycles. The first-order valence-electron chi connectivity index (χ1n) is 17.8. The molecular formula is C23H27B25BrF2N2O4. The maximum absolute atomic E-state index is 13.7. The second-order valence-corrected chi connectivity index (χ2v) is 16.2. The van der Waals surface area contributed by atoms with E-state index in [0.717, 1.165) is 25.2 Å². The van der Waals surface area contributed by atoms with Crippen molar-refractivity contribution in [1.29, 1.82) is 0 Å². The molecule has 1 fully saturated rings. The van der Waals surface area contributed by atoms with Gasteiger partial charge in [0.25, 0.3) is 0 Å². The summed E-state index contributed by atoms with van der Waals surface area (Å²) in [4.78, 5) is 30.9. The van der Waals surface area contributed by atoms with Crippen molar-refractivity contribution >= 4 is 207 Å². The largest absolute Gasteiger partial charge is 0.456 e. The summed E-state index contributed by atoms with van der Waals surface area (Å²) < 4.78 is 37.5. The summed E-state index contributed by atoms with van der Waals surface area (Å²) in [7, 11) is 77.4. The molecule has 0 amide bonds. The van der Waals surface area contributed by atoms with Crippen LogP contribution in [0.5, 0.6) is 0 Å². The van der Waals surface area contributed by atoms with Crippen LogP contribution in [0.15, 0.2) is 29.3 Å². The van der Waals surface area contributed by atoms with Crippen molar-refractivity contribution in [3.8, 4) is 0 Å². The highest BCUT2D eigenvalue weighted by atomic mass is 79.9. The predicted octanol–water partition coefficient (Wildman–Crippen LogP) is -3.53. The lowest BCUT2D eigenvalue weighted by molar-refractivity contribution is 0.00503. The maximum atomic E-state index is 13.7. The van der Waals surface area contributed by atoms with Crippen LogP contribution in [0.2, 0.25) is 0 Å². The number of esters is 2. The Hall–Kier alpha value is -0.797. The van der Waals surface area contributed by atoms with Gasteiger partial charge in [-0.3, -0.25) is 9.97 Å². The van der Waals surface area contributed by atoms with Crippen molar-refractivity contribution < 1.29 is 27.8 Å². The average molecular weight is 784 g/mol. The summed E-state index contributed by atoms with van der Waals surface area (Å²) in [5.74, 6) is -2.32. The summed E-state index contributed by atoms with van der Waals surface area (Å²) in [5, 5.41) is 0. The highest BCUT2D eigenvalue weighted by molar-refractivity contribution is 9.10. The van der Waals surface area contributed by atoms with Crippen LogP contribution in [0.4, 0.5) is 8.78 Å². The molecular weight excluding hydrogens is 756 g/mol. The fraction of sp³-hybridized carbons (Fsp3) is 0.478. The molecule has 2 heterocycles. The molecule has 0 spiro atoms. The molecule has 2 aromatic heterocycles. The Morgan fingerprint density at radius 3 is 1.32 bits per heavy atom. The number of halogens is 3. The Morgan fingerprint density at radius 2 is 1.04 bits per heavy atom. The van der Waals surface area contributed by atoms with Gasteiger partial charge in [-0.15, -0.1) is 0 Å². The third kappa shape index (κ3) is 21.0. The van der Waals surface area contributed by atoms with Gasteiger partial charge in [0.1, 0.15) is 22.3 Å². The first-order valence-corrected chi connectivity index (χ1v) is 18.5. The van der Waals surface area contributed by atoms with Crippen molar-refractivity contribution in [3.05, 3.63) is 57.6 Å². The van der Waals surface area contributed by atoms with Gasteiger partial charge in [-0.1, -0.05) is 0 Å². The predicted molar refractivity (Wildman–Crippen MR) is 262 cm³/mol. The van der Waals surface area contributed by atoms with E-state index in [1.807, 2.05) is 0 Å². The molecule has 0 unspecified atom stereocenters. The van der Waals surface area contributed by atoms with Gasteiger partial charge < -0.3 is 9.47 Å². The molecule has 6 nitrogen and oxygen atoms in total. The normalized spacial score (nSPS) is 11.5. The van der Waals surface area contributed by atoms with E-state index in [9.17, 15) is 18.4 Å². The van der Waals surface area contributed by atoms with Crippen LogP contribution in [0.1, 0.15) is 86.6 Å². The van der Waals surface area contributed by atoms with E-state index in [0.29, 0.717) is 5.56 Å². The third-order valence-electron chi connectivity index (χ3n) is 7.78. The van der Waals surface area contributed by atoms with Crippen molar-refractivity contribution in [2.45, 2.75) is 71.5 Å². The molecule has 0 N–H and O–H groups in total. The maximum Gasteiger partial charge on any atom is 0.342 e. The minimum absolute atomic E-state index is 0.0532. The average Bonchev–Trinajstić information content (AvgIpc) is 3.87. The van der Waals surface area contributed by atoms with Crippen molar-refractivity contribution in [2.24, 2.45) is 0 Å². The second kappa shape index (κ2) is 25.9. The highest BCUT2D eigenvalue weighted by Crippen LogP contribution is 2.42. The number of aromatic nitrogens is 2. The van der Waals surface area contributed by atoms with Gasteiger partial charge in [0, 0.05) is 192 Å². The number of carbonyl (C=O) groups is 2. The fourth-order valence-corrected chi connectivity index (χ4v) is 5.41. The Balaban J connectivity index is 0.000000742. The molecule has 0 bridgehead atoms. The van der Waals surface area contributed by atoms with E-state index in [1.54, 1.807) is 47.7 Å². The van der Waals surface area contributed by atoms with Crippen molar-refractivity contribution in [1.82, 2.24) is 9.97 Å². The van der Waals surface area contributed by atoms with Gasteiger partial charge in [-0.05, 0) is 81.8 Å². The highest BCUT2D eigenvalue weighted by Gasteiger charge is 2.34. The van der Waals surface area contributed by atoms with Crippen LogP contribution in [0.3, 0.4) is 0 Å². The number of hydrogen-bond donors (Lipinski definition) is 0. The van der Waals surface area contributed by atoms with Crippen LogP contribution in [0, 0.1) is 11.6 Å². The number of ether oxygens (including phenoxy) is 2. The number of nitrogens with zero attached hydrogens (tertiary/aromatic N) is 2. The molecule has 0 aliphatic heterocycles. The Labute approximate surface area is 371 Å². The minimum atomic E-state index is -0.723. The van der Waals surface area contributed by atoms with Crippen LogP contribution in [-0.2, 0) is 9.47 Å². The van der Waals surface area contributed by atoms with Crippen LogP contribution in [0.25, 0.3) is 0 Å². The number of rotatable bonds is 12. The smallest absolute Gasteiger partial charge is 0.342 e. The van der Waals surface area contributed by atoms with Gasteiger partial charge >= 0.3 is 11.9 Å². The first-order chi connectivity index (χ1) is 26.0. The van der Waals surface area contributed by atoms with Crippen molar-refractivity contribution in [2.75, 3.05) is 0 Å². The molecule has 1 saturated carbocycles. The number of hydrogen-bond acceptors (Lipinski definition) is 6. The second-order valence-electron chi connectivity index (χ2n) is 15.3. The van der Waals surface area contributed by atoms with Crippen molar-refractivity contribution in [3.63, 3.8) is 0 Å². The Kier molecular flexibility index (Phi) is 25.5. The van der Waals surface area contributed by atoms with Gasteiger partial charge in [0.15, 0.2) is 11.6 Å². The summed E-state index contributed by atoms with van der Waals surface area (Å²) >= 11 is 3.05. The SMILES string of the molecule is CC(C)(C)OC(=O)c1c(F)cncc1Br.CC(C)(C)OC(=O)c1c(F)cncc1C1CC1.[B]B([B])B([B])B(B([B])[B])B([B])[B].[B][B]B(B([B])[B])B(B([B])[B])B([B])[B]. The molecule has 0 aromatic carbocycles. The minimum Gasteiger partial charge on any atom is -0.456 e. The van der Waals surface area contributed by atoms with Crippen LogP contribution >= 0.6 is 15.9 Å². The first kappa shape index (κ1) is 56.2. The van der Waals surface area contributed by atoms with E-state index in [4.69, 9.17) is 118 Å². The van der Waals surface area contributed by atoms with E-state index in [-0.39, 0.29) is 27.9 Å². The van der Waals surface area contributed by atoms with E-state index < -0.39 is 92.2 Å². The monoisotopic (exact) mass is 787 g/mol. The molecule has 34 heteroatoms. The Bertz CT molecular complexity index is 1500. The summed E-state index contributed by atoms with van der Waals surface area (Å²) in [5.41, 5.74) is -0.656. The zero-order chi connectivity index (χ0) is 44.7. The molecule has 1 aliphatic carbocycles. The van der Waals surface area contributed by atoms with E-state index in [1.165, 1.54) is 13.3 Å². The number of pyridine rings is 2. The van der Waals surface area contributed by atoms with Gasteiger partial charge in [0.05, 0.1) is 16.9 Å². The zero-order valence-electron chi connectivity index (χ0n) is 33.4. The lowest BCUT2D eigenvalue weighted by Crippen LogP contribution is -2.69. The standard InChI is InChI=1S/C13H16FNO2.C10H11BrFNO2.B13.B12/c1-13(2,3)17-12(16)11-9(8-4-5-8)6-15-7-10(11)14;1-10(2,3)15-9(14)8-6(11)4-13-5-7(8)12;1-8-12(9(2)3)13(10(4)5)11(6)7;1-8(2)11(7)12(9(3)4)10(5)6/h6-8H,4-5H2,1-3H3;4-5H,1-3H3;;. The lowest BCUT2D eigenvalue weighted by Gasteiger charge is -2.31.